The molecule has 2 rings (SSSR count). The Kier molecular flexibility index (Phi) is 4.57. The smallest absolute Gasteiger partial charge is 0.0603 e. The van der Waals surface area contributed by atoms with Gasteiger partial charge in [0, 0.05) is 15.8 Å². The van der Waals surface area contributed by atoms with Crippen LogP contribution in [0.25, 0.3) is 0 Å². The number of rotatable bonds is 3. The summed E-state index contributed by atoms with van der Waals surface area (Å²) in [6.07, 6.45) is 0. The van der Waals surface area contributed by atoms with E-state index >= 15 is 0 Å². The molecule has 1 nitrogen and oxygen atoms in total. The van der Waals surface area contributed by atoms with Gasteiger partial charge in [-0.1, -0.05) is 53.2 Å². The number of hydrogen-bond acceptors (Lipinski definition) is 2. The molecule has 0 saturated heterocycles. The van der Waals surface area contributed by atoms with E-state index in [0.717, 1.165) is 15.4 Å². The molecule has 0 bridgehead atoms. The molecule has 0 aromatic heterocycles. The van der Waals surface area contributed by atoms with Crippen molar-refractivity contribution in [1.29, 1.82) is 0 Å². The molecule has 0 radical (unpaired) electrons. The second-order valence-electron chi connectivity index (χ2n) is 4.00. The summed E-state index contributed by atoms with van der Waals surface area (Å²) in [7, 11) is 0. The minimum absolute atomic E-state index is 0.0106. The average molecular weight is 298 g/mol. The first-order chi connectivity index (χ1) is 8.58. The Hall–Kier alpha value is -0.670. The number of nitrogens with two attached hydrogens (primary N) is 1. The second kappa shape index (κ2) is 5.98. The Balaban J connectivity index is 2.31. The molecular formula is C14H13Cl2NS. The molecule has 0 unspecified atom stereocenters. The normalized spacial score (nSPS) is 12.4. The number of benzene rings is 2. The van der Waals surface area contributed by atoms with Crippen molar-refractivity contribution >= 4 is 35.0 Å². The Morgan fingerprint density at radius 1 is 1.06 bits per heavy atom. The summed E-state index contributed by atoms with van der Waals surface area (Å²) < 4.78 is 0. The van der Waals surface area contributed by atoms with E-state index in [2.05, 4.69) is 6.07 Å². The molecule has 2 N–H and O–H groups in total. The van der Waals surface area contributed by atoms with Gasteiger partial charge in [0.2, 0.25) is 0 Å². The van der Waals surface area contributed by atoms with E-state index in [4.69, 9.17) is 28.9 Å². The summed E-state index contributed by atoms with van der Waals surface area (Å²) in [6, 6.07) is 13.8. The zero-order valence-corrected chi connectivity index (χ0v) is 12.2. The van der Waals surface area contributed by atoms with Crippen LogP contribution in [0, 0.1) is 0 Å². The lowest BCUT2D eigenvalue weighted by molar-refractivity contribution is 0.797. The van der Waals surface area contributed by atoms with Crippen LogP contribution in [0.1, 0.15) is 18.5 Å². The summed E-state index contributed by atoms with van der Waals surface area (Å²) in [5.74, 6) is 0. The predicted octanol–water partition coefficient (Wildman–Crippen LogP) is 5.16. The monoisotopic (exact) mass is 297 g/mol. The highest BCUT2D eigenvalue weighted by atomic mass is 35.5. The third-order valence-corrected chi connectivity index (χ3v) is 4.35. The lowest BCUT2D eigenvalue weighted by Crippen LogP contribution is -2.05. The highest BCUT2D eigenvalue weighted by Crippen LogP contribution is 2.35. The van der Waals surface area contributed by atoms with Crippen molar-refractivity contribution in [2.75, 3.05) is 0 Å². The van der Waals surface area contributed by atoms with Gasteiger partial charge in [0.05, 0.1) is 10.0 Å². The minimum Gasteiger partial charge on any atom is -0.324 e. The molecule has 0 aliphatic heterocycles. The first-order valence-electron chi connectivity index (χ1n) is 5.55. The van der Waals surface area contributed by atoms with E-state index in [9.17, 15) is 0 Å². The van der Waals surface area contributed by atoms with Crippen LogP contribution < -0.4 is 5.73 Å². The maximum absolute atomic E-state index is 6.01. The number of hydrogen-bond donors (Lipinski definition) is 1. The van der Waals surface area contributed by atoms with Crippen LogP contribution in [0.3, 0.4) is 0 Å². The van der Waals surface area contributed by atoms with E-state index in [1.54, 1.807) is 17.8 Å². The maximum atomic E-state index is 6.01. The molecule has 0 spiro atoms. The van der Waals surface area contributed by atoms with Gasteiger partial charge in [-0.2, -0.15) is 0 Å². The van der Waals surface area contributed by atoms with E-state index in [1.165, 1.54) is 0 Å². The van der Waals surface area contributed by atoms with Crippen molar-refractivity contribution in [2.24, 2.45) is 5.73 Å². The largest absolute Gasteiger partial charge is 0.324 e. The zero-order chi connectivity index (χ0) is 13.1. The van der Waals surface area contributed by atoms with Crippen molar-refractivity contribution < 1.29 is 0 Å². The van der Waals surface area contributed by atoms with Gasteiger partial charge < -0.3 is 5.73 Å². The molecule has 0 aliphatic carbocycles. The summed E-state index contributed by atoms with van der Waals surface area (Å²) in [5, 5.41) is 1.14. The summed E-state index contributed by atoms with van der Waals surface area (Å²) >= 11 is 13.6. The molecule has 0 amide bonds. The van der Waals surface area contributed by atoms with Gasteiger partial charge in [0.15, 0.2) is 0 Å². The second-order valence-corrected chi connectivity index (χ2v) is 5.93. The van der Waals surface area contributed by atoms with Crippen molar-refractivity contribution in [3.63, 3.8) is 0 Å². The average Bonchev–Trinajstić information content (AvgIpc) is 2.34. The van der Waals surface area contributed by atoms with Crippen LogP contribution in [-0.4, -0.2) is 0 Å². The van der Waals surface area contributed by atoms with E-state index in [0.29, 0.717) is 10.0 Å². The van der Waals surface area contributed by atoms with E-state index < -0.39 is 0 Å². The lowest BCUT2D eigenvalue weighted by atomic mass is 10.1. The van der Waals surface area contributed by atoms with Gasteiger partial charge in [0.25, 0.3) is 0 Å². The van der Waals surface area contributed by atoms with Crippen molar-refractivity contribution in [3.8, 4) is 0 Å². The molecule has 0 aliphatic rings. The lowest BCUT2D eigenvalue weighted by Gasteiger charge is -2.12. The van der Waals surface area contributed by atoms with Crippen molar-refractivity contribution in [1.82, 2.24) is 0 Å². The Labute approximate surface area is 121 Å². The molecule has 2 aromatic carbocycles. The fourth-order valence-electron chi connectivity index (χ4n) is 1.62. The van der Waals surface area contributed by atoms with Gasteiger partial charge in [-0.05, 0) is 36.8 Å². The summed E-state index contributed by atoms with van der Waals surface area (Å²) in [6.45, 7) is 1.98. The van der Waals surface area contributed by atoms with Gasteiger partial charge in [-0.15, -0.1) is 0 Å². The third kappa shape index (κ3) is 3.21. The summed E-state index contributed by atoms with van der Waals surface area (Å²) in [5.41, 5.74) is 7.09. The van der Waals surface area contributed by atoms with Crippen LogP contribution in [0.15, 0.2) is 52.3 Å². The molecule has 0 heterocycles. The standard InChI is InChI=1S/C14H13Cl2NS/c1-9(17)11-4-2-3-5-14(11)18-10-6-7-12(15)13(16)8-10/h2-9H,17H2,1H3/t9-/m1/s1. The Morgan fingerprint density at radius 2 is 1.78 bits per heavy atom. The predicted molar refractivity (Wildman–Crippen MR) is 79.6 cm³/mol. The third-order valence-electron chi connectivity index (χ3n) is 2.53. The van der Waals surface area contributed by atoms with Gasteiger partial charge in [-0.25, -0.2) is 0 Å². The van der Waals surface area contributed by atoms with Crippen LogP contribution >= 0.6 is 35.0 Å². The molecule has 0 fully saturated rings. The molecular weight excluding hydrogens is 285 g/mol. The van der Waals surface area contributed by atoms with Gasteiger partial charge in [-0.3, -0.25) is 0 Å². The van der Waals surface area contributed by atoms with Crippen LogP contribution in [0.2, 0.25) is 10.0 Å². The molecule has 0 saturated carbocycles. The highest BCUT2D eigenvalue weighted by Gasteiger charge is 2.08. The maximum Gasteiger partial charge on any atom is 0.0603 e. The highest BCUT2D eigenvalue weighted by molar-refractivity contribution is 7.99. The molecule has 2 aromatic rings. The van der Waals surface area contributed by atoms with Crippen molar-refractivity contribution in [2.45, 2.75) is 22.8 Å². The Morgan fingerprint density at radius 3 is 2.44 bits per heavy atom. The SMILES string of the molecule is C[C@@H](N)c1ccccc1Sc1ccc(Cl)c(Cl)c1. The summed E-state index contributed by atoms with van der Waals surface area (Å²) in [4.78, 5) is 2.20. The van der Waals surface area contributed by atoms with Crippen molar-refractivity contribution in [3.05, 3.63) is 58.1 Å². The van der Waals surface area contributed by atoms with Gasteiger partial charge in [0.1, 0.15) is 0 Å². The zero-order valence-electron chi connectivity index (χ0n) is 9.86. The first kappa shape index (κ1) is 13.8. The van der Waals surface area contributed by atoms with E-state index in [-0.39, 0.29) is 6.04 Å². The van der Waals surface area contributed by atoms with Crippen LogP contribution in [0.5, 0.6) is 0 Å². The van der Waals surface area contributed by atoms with Crippen LogP contribution in [0.4, 0.5) is 0 Å². The quantitative estimate of drug-likeness (QED) is 0.846. The molecule has 1 atom stereocenters. The van der Waals surface area contributed by atoms with Crippen LogP contribution in [-0.2, 0) is 0 Å². The fraction of sp³-hybridized carbons (Fsp3) is 0.143. The topological polar surface area (TPSA) is 26.0 Å². The molecule has 94 valence electrons. The van der Waals surface area contributed by atoms with Gasteiger partial charge >= 0.3 is 0 Å². The molecule has 18 heavy (non-hydrogen) atoms. The van der Waals surface area contributed by atoms with E-state index in [1.807, 2.05) is 37.3 Å². The molecule has 4 heteroatoms. The minimum atomic E-state index is 0.0106. The fourth-order valence-corrected chi connectivity index (χ4v) is 3.06. The Bertz CT molecular complexity index is 555. The first-order valence-corrected chi connectivity index (χ1v) is 7.12. The number of halogens is 2.